The Labute approximate surface area is 143 Å². The standard InChI is InChI=1S/C17H13ClN2O4/c1-22-14-8-5-11(17(21)23-2)9-13(14)16-19-15(20-24-16)10-3-6-12(18)7-4-10/h3-9H,1-2H3. The second kappa shape index (κ2) is 6.72. The molecule has 7 heteroatoms. The molecule has 0 fully saturated rings. The minimum atomic E-state index is -0.462. The molecule has 0 spiro atoms. The van der Waals surface area contributed by atoms with Gasteiger partial charge in [0.1, 0.15) is 5.75 Å². The second-order valence-corrected chi connectivity index (χ2v) is 5.27. The molecule has 1 heterocycles. The number of halogens is 1. The summed E-state index contributed by atoms with van der Waals surface area (Å²) < 4.78 is 15.3. The van der Waals surface area contributed by atoms with Crippen molar-refractivity contribution in [1.29, 1.82) is 0 Å². The van der Waals surface area contributed by atoms with Gasteiger partial charge in [0.2, 0.25) is 5.82 Å². The third-order valence-corrected chi connectivity index (χ3v) is 3.63. The lowest BCUT2D eigenvalue weighted by Crippen LogP contribution is -2.02. The lowest BCUT2D eigenvalue weighted by molar-refractivity contribution is 0.0601. The van der Waals surface area contributed by atoms with Crippen LogP contribution >= 0.6 is 11.6 Å². The summed E-state index contributed by atoms with van der Waals surface area (Å²) in [5.74, 6) is 0.694. The number of benzene rings is 2. The molecule has 24 heavy (non-hydrogen) atoms. The summed E-state index contributed by atoms with van der Waals surface area (Å²) in [6.07, 6.45) is 0. The molecule has 0 atom stereocenters. The zero-order chi connectivity index (χ0) is 17.1. The van der Waals surface area contributed by atoms with E-state index >= 15 is 0 Å². The molecule has 6 nitrogen and oxygen atoms in total. The highest BCUT2D eigenvalue weighted by Gasteiger charge is 2.17. The van der Waals surface area contributed by atoms with Crippen LogP contribution in [0.3, 0.4) is 0 Å². The zero-order valence-electron chi connectivity index (χ0n) is 12.9. The summed E-state index contributed by atoms with van der Waals surface area (Å²) >= 11 is 5.88. The number of rotatable bonds is 4. The quantitative estimate of drug-likeness (QED) is 0.669. The molecule has 0 saturated carbocycles. The van der Waals surface area contributed by atoms with Crippen LogP contribution in [0.1, 0.15) is 10.4 Å². The summed E-state index contributed by atoms with van der Waals surface area (Å²) in [4.78, 5) is 16.1. The molecule has 0 N–H and O–H groups in total. The van der Waals surface area contributed by atoms with Crippen LogP contribution in [-0.4, -0.2) is 30.3 Å². The summed E-state index contributed by atoms with van der Waals surface area (Å²) in [5, 5.41) is 4.58. The van der Waals surface area contributed by atoms with Gasteiger partial charge in [-0.05, 0) is 42.5 Å². The molecule has 0 bridgehead atoms. The van der Waals surface area contributed by atoms with Crippen LogP contribution in [0.2, 0.25) is 5.02 Å². The number of hydrogen-bond donors (Lipinski definition) is 0. The number of carbonyl (C=O) groups is 1. The van der Waals surface area contributed by atoms with Crippen LogP contribution in [0.5, 0.6) is 5.75 Å². The Morgan fingerprint density at radius 1 is 1.12 bits per heavy atom. The third kappa shape index (κ3) is 3.09. The molecule has 0 aliphatic rings. The van der Waals surface area contributed by atoms with Crippen molar-refractivity contribution in [2.45, 2.75) is 0 Å². The monoisotopic (exact) mass is 344 g/mol. The first-order chi connectivity index (χ1) is 11.6. The maximum atomic E-state index is 11.7. The number of methoxy groups -OCH3 is 2. The maximum Gasteiger partial charge on any atom is 0.337 e. The first-order valence-corrected chi connectivity index (χ1v) is 7.36. The molecule has 0 radical (unpaired) electrons. The summed E-state index contributed by atoms with van der Waals surface area (Å²) in [5.41, 5.74) is 1.63. The van der Waals surface area contributed by atoms with Crippen molar-refractivity contribution in [1.82, 2.24) is 10.1 Å². The molecule has 122 valence electrons. The molecular formula is C17H13ClN2O4. The number of esters is 1. The average Bonchev–Trinajstić information content (AvgIpc) is 3.11. The van der Waals surface area contributed by atoms with E-state index in [1.54, 1.807) is 42.5 Å². The Morgan fingerprint density at radius 3 is 2.54 bits per heavy atom. The van der Waals surface area contributed by atoms with E-state index in [2.05, 4.69) is 10.1 Å². The van der Waals surface area contributed by atoms with Crippen LogP contribution in [0.4, 0.5) is 0 Å². The van der Waals surface area contributed by atoms with Crippen molar-refractivity contribution < 1.29 is 18.8 Å². The van der Waals surface area contributed by atoms with Crippen molar-refractivity contribution in [3.05, 3.63) is 53.1 Å². The lowest BCUT2D eigenvalue weighted by Gasteiger charge is -2.06. The highest BCUT2D eigenvalue weighted by molar-refractivity contribution is 6.30. The van der Waals surface area contributed by atoms with Gasteiger partial charge < -0.3 is 14.0 Å². The molecule has 0 unspecified atom stereocenters. The number of aromatic nitrogens is 2. The van der Waals surface area contributed by atoms with Crippen LogP contribution in [0, 0.1) is 0 Å². The van der Waals surface area contributed by atoms with Crippen molar-refractivity contribution in [2.24, 2.45) is 0 Å². The van der Waals surface area contributed by atoms with E-state index < -0.39 is 5.97 Å². The van der Waals surface area contributed by atoms with Gasteiger partial charge in [-0.3, -0.25) is 0 Å². The van der Waals surface area contributed by atoms with Gasteiger partial charge in [-0.25, -0.2) is 4.79 Å². The van der Waals surface area contributed by atoms with E-state index in [1.807, 2.05) is 0 Å². The first-order valence-electron chi connectivity index (χ1n) is 6.98. The Bertz CT molecular complexity index is 875. The molecule has 0 aliphatic carbocycles. The van der Waals surface area contributed by atoms with Gasteiger partial charge >= 0.3 is 5.97 Å². The topological polar surface area (TPSA) is 74.5 Å². The SMILES string of the molecule is COC(=O)c1ccc(OC)c(-c2nc(-c3ccc(Cl)cc3)no2)c1. The number of hydrogen-bond acceptors (Lipinski definition) is 6. The fourth-order valence-corrected chi connectivity index (χ4v) is 2.30. The molecule has 1 aromatic heterocycles. The van der Waals surface area contributed by atoms with E-state index in [9.17, 15) is 4.79 Å². The van der Waals surface area contributed by atoms with E-state index in [0.29, 0.717) is 27.7 Å². The molecule has 2 aromatic carbocycles. The average molecular weight is 345 g/mol. The van der Waals surface area contributed by atoms with Gasteiger partial charge in [-0.1, -0.05) is 16.8 Å². The Morgan fingerprint density at radius 2 is 1.88 bits per heavy atom. The normalized spacial score (nSPS) is 10.5. The molecule has 0 aliphatic heterocycles. The largest absolute Gasteiger partial charge is 0.496 e. The fourth-order valence-electron chi connectivity index (χ4n) is 2.17. The van der Waals surface area contributed by atoms with Gasteiger partial charge in [-0.15, -0.1) is 0 Å². The Kier molecular flexibility index (Phi) is 4.48. The van der Waals surface area contributed by atoms with Gasteiger partial charge in [-0.2, -0.15) is 4.98 Å². The Hall–Kier alpha value is -2.86. The minimum absolute atomic E-state index is 0.238. The van der Waals surface area contributed by atoms with Gasteiger partial charge in [0.05, 0.1) is 25.3 Å². The van der Waals surface area contributed by atoms with E-state index in [-0.39, 0.29) is 5.89 Å². The molecule has 0 amide bonds. The summed E-state index contributed by atoms with van der Waals surface area (Å²) in [7, 11) is 2.84. The highest BCUT2D eigenvalue weighted by atomic mass is 35.5. The zero-order valence-corrected chi connectivity index (χ0v) is 13.7. The fraction of sp³-hybridized carbons (Fsp3) is 0.118. The van der Waals surface area contributed by atoms with Crippen molar-refractivity contribution in [2.75, 3.05) is 14.2 Å². The van der Waals surface area contributed by atoms with Crippen LogP contribution < -0.4 is 4.74 Å². The lowest BCUT2D eigenvalue weighted by atomic mass is 10.1. The minimum Gasteiger partial charge on any atom is -0.496 e. The van der Waals surface area contributed by atoms with E-state index in [4.69, 9.17) is 25.6 Å². The van der Waals surface area contributed by atoms with Gasteiger partial charge in [0.15, 0.2) is 0 Å². The number of ether oxygens (including phenoxy) is 2. The predicted molar refractivity (Wildman–Crippen MR) is 88.1 cm³/mol. The summed E-state index contributed by atoms with van der Waals surface area (Å²) in [6.45, 7) is 0. The van der Waals surface area contributed by atoms with Gasteiger partial charge in [0, 0.05) is 10.6 Å². The van der Waals surface area contributed by atoms with E-state index in [1.165, 1.54) is 14.2 Å². The first kappa shape index (κ1) is 16.0. The second-order valence-electron chi connectivity index (χ2n) is 4.84. The van der Waals surface area contributed by atoms with Crippen LogP contribution in [0.15, 0.2) is 47.0 Å². The van der Waals surface area contributed by atoms with Crippen molar-refractivity contribution in [3.63, 3.8) is 0 Å². The van der Waals surface area contributed by atoms with Crippen LogP contribution in [0.25, 0.3) is 22.8 Å². The smallest absolute Gasteiger partial charge is 0.337 e. The van der Waals surface area contributed by atoms with Crippen molar-refractivity contribution >= 4 is 17.6 Å². The molecular weight excluding hydrogens is 332 g/mol. The molecule has 3 aromatic rings. The predicted octanol–water partition coefficient (Wildman–Crippen LogP) is 3.85. The number of carbonyl (C=O) groups excluding carboxylic acids is 1. The highest BCUT2D eigenvalue weighted by Crippen LogP contribution is 2.31. The molecule has 3 rings (SSSR count). The number of nitrogens with zero attached hydrogens (tertiary/aromatic N) is 2. The summed E-state index contributed by atoms with van der Waals surface area (Å²) in [6, 6.07) is 11.9. The van der Waals surface area contributed by atoms with Gasteiger partial charge in [0.25, 0.3) is 5.89 Å². The third-order valence-electron chi connectivity index (χ3n) is 3.38. The maximum absolute atomic E-state index is 11.7. The van der Waals surface area contributed by atoms with Crippen molar-refractivity contribution in [3.8, 4) is 28.6 Å². The molecule has 0 saturated heterocycles. The Balaban J connectivity index is 2.02. The van der Waals surface area contributed by atoms with E-state index in [0.717, 1.165) is 5.56 Å². The van der Waals surface area contributed by atoms with Crippen LogP contribution in [-0.2, 0) is 4.74 Å².